The summed E-state index contributed by atoms with van der Waals surface area (Å²) in [4.78, 5) is 24.7. The lowest BCUT2D eigenvalue weighted by Gasteiger charge is -2.19. The lowest BCUT2D eigenvalue weighted by molar-refractivity contribution is -0.154. The molecule has 1 aliphatic carbocycles. The minimum absolute atomic E-state index is 0.0451. The molecule has 1 N–H and O–H groups in total. The Bertz CT molecular complexity index is 1200. The van der Waals surface area contributed by atoms with E-state index >= 15 is 0 Å². The van der Waals surface area contributed by atoms with Crippen molar-refractivity contribution in [2.75, 3.05) is 18.5 Å². The van der Waals surface area contributed by atoms with E-state index in [9.17, 15) is 9.59 Å². The summed E-state index contributed by atoms with van der Waals surface area (Å²) in [6, 6.07) is 22.7. The van der Waals surface area contributed by atoms with Crippen LogP contribution in [0.3, 0.4) is 0 Å². The maximum absolute atomic E-state index is 12.7. The first-order chi connectivity index (χ1) is 17.2. The third kappa shape index (κ3) is 6.34. The number of fused-ring (bicyclic) bond motifs is 3. The quantitative estimate of drug-likeness (QED) is 0.354. The number of ether oxygens (including phenoxy) is 2. The van der Waals surface area contributed by atoms with Crippen LogP contribution in [0, 0.1) is 6.92 Å². The highest BCUT2D eigenvalue weighted by Crippen LogP contribution is 2.44. The molecule has 0 spiro atoms. The molecular formula is C31H35NO4. The molecule has 4 rings (SSSR count). The number of carbonyl (C=O) groups is 2. The minimum Gasteiger partial charge on any atom is -0.463 e. The second-order valence-corrected chi connectivity index (χ2v) is 10.4. The Balaban J connectivity index is 1.32. The molecule has 0 fully saturated rings. The van der Waals surface area contributed by atoms with Crippen LogP contribution >= 0.6 is 0 Å². The van der Waals surface area contributed by atoms with Crippen molar-refractivity contribution in [1.82, 2.24) is 0 Å². The Morgan fingerprint density at radius 1 is 0.889 bits per heavy atom. The van der Waals surface area contributed by atoms with E-state index in [1.54, 1.807) is 0 Å². The predicted octanol–water partition coefficient (Wildman–Crippen LogP) is 6.43. The van der Waals surface area contributed by atoms with Gasteiger partial charge in [0.25, 0.3) is 0 Å². The van der Waals surface area contributed by atoms with Gasteiger partial charge in [-0.2, -0.15) is 0 Å². The largest absolute Gasteiger partial charge is 0.463 e. The van der Waals surface area contributed by atoms with Gasteiger partial charge in [-0.1, -0.05) is 60.7 Å². The van der Waals surface area contributed by atoms with Gasteiger partial charge in [0.1, 0.15) is 18.8 Å². The second-order valence-electron chi connectivity index (χ2n) is 10.4. The summed E-state index contributed by atoms with van der Waals surface area (Å²) >= 11 is 0. The molecule has 0 amide bonds. The summed E-state index contributed by atoms with van der Waals surface area (Å²) in [5.74, 6) is -0.440. The van der Waals surface area contributed by atoms with Gasteiger partial charge in [0.05, 0.1) is 0 Å². The van der Waals surface area contributed by atoms with Crippen LogP contribution in [0.2, 0.25) is 0 Å². The lowest BCUT2D eigenvalue weighted by atomic mass is 9.98. The number of hydrogen-bond donors (Lipinski definition) is 1. The van der Waals surface area contributed by atoms with Crippen LogP contribution < -0.4 is 5.32 Å². The molecule has 0 atom stereocenters. The number of hydrogen-bond acceptors (Lipinski definition) is 5. The maximum atomic E-state index is 12.7. The highest BCUT2D eigenvalue weighted by Gasteiger charge is 2.29. The zero-order valence-corrected chi connectivity index (χ0v) is 21.6. The number of rotatable bonds is 9. The molecule has 0 aromatic heterocycles. The van der Waals surface area contributed by atoms with E-state index in [1.807, 2.05) is 70.2 Å². The molecule has 0 heterocycles. The average Bonchev–Trinajstić information content (AvgIpc) is 3.15. The molecule has 3 aromatic carbocycles. The molecule has 5 nitrogen and oxygen atoms in total. The van der Waals surface area contributed by atoms with Crippen molar-refractivity contribution < 1.29 is 19.1 Å². The number of carbonyl (C=O) groups excluding carboxylic acids is 2. The second kappa shape index (κ2) is 11.0. The summed E-state index contributed by atoms with van der Waals surface area (Å²) in [7, 11) is 0. The van der Waals surface area contributed by atoms with Crippen LogP contribution in [-0.2, 0) is 25.5 Å². The van der Waals surface area contributed by atoms with Gasteiger partial charge in [0.15, 0.2) is 0 Å². The van der Waals surface area contributed by atoms with Crippen molar-refractivity contribution in [2.24, 2.45) is 0 Å². The molecule has 0 radical (unpaired) electrons. The Hall–Kier alpha value is -3.60. The van der Waals surface area contributed by atoms with Gasteiger partial charge >= 0.3 is 11.9 Å². The fraction of sp³-hybridized carbons (Fsp3) is 0.355. The van der Waals surface area contributed by atoms with Gasteiger partial charge in [-0.3, -0.25) is 9.59 Å². The first-order valence-corrected chi connectivity index (χ1v) is 12.6. The first-order valence-electron chi connectivity index (χ1n) is 12.6. The van der Waals surface area contributed by atoms with Crippen molar-refractivity contribution in [3.8, 4) is 11.1 Å². The normalized spacial score (nSPS) is 12.6. The standard InChI is InChI=1S/C31H35NO4/c1-21-16-17-22(10-9-15-29(33)36-31(2,3)4)28(18-21)32-19-30(34)35-20-27-25-13-7-5-11-23(25)24-12-6-8-14-26(24)27/h5-8,11-14,16-18,27,32H,9-10,15,19-20H2,1-4H3. The molecule has 0 unspecified atom stereocenters. The Morgan fingerprint density at radius 3 is 2.17 bits per heavy atom. The Kier molecular flexibility index (Phi) is 7.78. The van der Waals surface area contributed by atoms with Crippen LogP contribution in [0.4, 0.5) is 5.69 Å². The molecule has 0 bridgehead atoms. The van der Waals surface area contributed by atoms with Gasteiger partial charge in [-0.05, 0) is 80.0 Å². The smallest absolute Gasteiger partial charge is 0.325 e. The summed E-state index contributed by atoms with van der Waals surface area (Å²) in [5.41, 5.74) is 7.41. The zero-order chi connectivity index (χ0) is 25.7. The maximum Gasteiger partial charge on any atom is 0.325 e. The van der Waals surface area contributed by atoms with Crippen molar-refractivity contribution in [3.05, 3.63) is 89.0 Å². The molecule has 36 heavy (non-hydrogen) atoms. The molecule has 0 saturated heterocycles. The molecule has 3 aromatic rings. The first kappa shape index (κ1) is 25.5. The number of aryl methyl sites for hydroxylation is 2. The molecule has 188 valence electrons. The van der Waals surface area contributed by atoms with Crippen LogP contribution in [0.5, 0.6) is 0 Å². The van der Waals surface area contributed by atoms with Gasteiger partial charge < -0.3 is 14.8 Å². The molecular weight excluding hydrogens is 450 g/mol. The number of nitrogens with one attached hydrogen (secondary N) is 1. The lowest BCUT2D eigenvalue weighted by Crippen LogP contribution is -2.23. The van der Waals surface area contributed by atoms with E-state index in [0.717, 1.165) is 16.8 Å². The summed E-state index contributed by atoms with van der Waals surface area (Å²) < 4.78 is 11.1. The molecule has 0 aliphatic heterocycles. The van der Waals surface area contributed by atoms with Crippen molar-refractivity contribution in [1.29, 1.82) is 0 Å². The van der Waals surface area contributed by atoms with Crippen LogP contribution in [-0.4, -0.2) is 30.7 Å². The summed E-state index contributed by atoms with van der Waals surface area (Å²) in [6.45, 7) is 8.02. The van der Waals surface area contributed by atoms with Crippen molar-refractivity contribution in [2.45, 2.75) is 58.5 Å². The third-order valence-corrected chi connectivity index (χ3v) is 6.31. The van der Waals surface area contributed by atoms with Gasteiger partial charge in [-0.25, -0.2) is 0 Å². The highest BCUT2D eigenvalue weighted by molar-refractivity contribution is 5.80. The van der Waals surface area contributed by atoms with Crippen molar-refractivity contribution in [3.63, 3.8) is 0 Å². The number of esters is 2. The van der Waals surface area contributed by atoms with Crippen LogP contribution in [0.25, 0.3) is 11.1 Å². The van der Waals surface area contributed by atoms with E-state index < -0.39 is 5.60 Å². The minimum atomic E-state index is -0.476. The SMILES string of the molecule is Cc1ccc(CCCC(=O)OC(C)(C)C)c(NCC(=O)OCC2c3ccccc3-c3ccccc32)c1. The number of anilines is 1. The van der Waals surface area contributed by atoms with Crippen LogP contribution in [0.1, 0.15) is 61.8 Å². The molecule has 5 heteroatoms. The highest BCUT2D eigenvalue weighted by atomic mass is 16.6. The average molecular weight is 486 g/mol. The summed E-state index contributed by atoms with van der Waals surface area (Å²) in [5, 5.41) is 3.25. The van der Waals surface area contributed by atoms with Gasteiger partial charge in [-0.15, -0.1) is 0 Å². The van der Waals surface area contributed by atoms with Gasteiger partial charge in [0.2, 0.25) is 0 Å². The van der Waals surface area contributed by atoms with E-state index in [4.69, 9.17) is 9.47 Å². The monoisotopic (exact) mass is 485 g/mol. The fourth-order valence-electron chi connectivity index (χ4n) is 4.72. The van der Waals surface area contributed by atoms with Gasteiger partial charge in [0, 0.05) is 18.0 Å². The Labute approximate surface area is 213 Å². The third-order valence-electron chi connectivity index (χ3n) is 6.31. The predicted molar refractivity (Wildman–Crippen MR) is 143 cm³/mol. The van der Waals surface area contributed by atoms with E-state index in [0.29, 0.717) is 25.9 Å². The number of benzene rings is 3. The molecule has 0 saturated carbocycles. The fourth-order valence-corrected chi connectivity index (χ4v) is 4.72. The molecule has 1 aliphatic rings. The van der Waals surface area contributed by atoms with Crippen molar-refractivity contribution >= 4 is 17.6 Å². The van der Waals surface area contributed by atoms with E-state index in [2.05, 4.69) is 29.6 Å². The van der Waals surface area contributed by atoms with E-state index in [-0.39, 0.29) is 24.4 Å². The zero-order valence-electron chi connectivity index (χ0n) is 21.6. The Morgan fingerprint density at radius 2 is 1.53 bits per heavy atom. The summed E-state index contributed by atoms with van der Waals surface area (Å²) in [6.07, 6.45) is 1.75. The van der Waals surface area contributed by atoms with E-state index in [1.165, 1.54) is 22.3 Å². The topological polar surface area (TPSA) is 64.6 Å². The van der Waals surface area contributed by atoms with Crippen LogP contribution in [0.15, 0.2) is 66.7 Å².